The van der Waals surface area contributed by atoms with Crippen molar-refractivity contribution in [3.63, 3.8) is 0 Å². The highest BCUT2D eigenvalue weighted by molar-refractivity contribution is 5.85. The number of ether oxygens (including phenoxy) is 1. The second-order valence-electron chi connectivity index (χ2n) is 5.79. The van der Waals surface area contributed by atoms with Crippen molar-refractivity contribution >= 4 is 18.4 Å². The largest absolute Gasteiger partial charge is 0.425 e. The Hall–Kier alpha value is -1.06. The van der Waals surface area contributed by atoms with Crippen LogP contribution in [0.4, 0.5) is 0 Å². The monoisotopic (exact) mass is 299 g/mol. The number of benzene rings is 1. The standard InChI is InChI=1S/C16H25NO2.ClH/c1-11(2)13-8-7-9-14(12(3)4)16(13)19-15(18)10-17(5)6;/h7-9,11-12H,10H2,1-6H3;1H. The third-order valence-electron chi connectivity index (χ3n) is 2.98. The smallest absolute Gasteiger partial charge is 0.325 e. The lowest BCUT2D eigenvalue weighted by atomic mass is 9.94. The quantitative estimate of drug-likeness (QED) is 0.611. The molecule has 0 fully saturated rings. The van der Waals surface area contributed by atoms with Crippen LogP contribution in [-0.4, -0.2) is 31.5 Å². The molecule has 114 valence electrons. The Kier molecular flexibility index (Phi) is 7.84. The minimum Gasteiger partial charge on any atom is -0.425 e. The molecule has 0 radical (unpaired) electrons. The molecule has 0 aliphatic heterocycles. The van der Waals surface area contributed by atoms with E-state index in [2.05, 4.69) is 27.7 Å². The van der Waals surface area contributed by atoms with Gasteiger partial charge in [0.1, 0.15) is 5.75 Å². The zero-order valence-electron chi connectivity index (χ0n) is 13.3. The number of para-hydroxylation sites is 1. The topological polar surface area (TPSA) is 29.5 Å². The van der Waals surface area contributed by atoms with E-state index in [9.17, 15) is 4.79 Å². The zero-order chi connectivity index (χ0) is 14.6. The SMILES string of the molecule is CC(C)c1cccc(C(C)C)c1OC(=O)CN(C)C.Cl. The Balaban J connectivity index is 0.00000361. The Morgan fingerprint density at radius 2 is 1.55 bits per heavy atom. The third-order valence-corrected chi connectivity index (χ3v) is 2.98. The van der Waals surface area contributed by atoms with Crippen LogP contribution in [0.3, 0.4) is 0 Å². The van der Waals surface area contributed by atoms with Gasteiger partial charge in [-0.2, -0.15) is 0 Å². The van der Waals surface area contributed by atoms with Crippen LogP contribution < -0.4 is 4.74 Å². The van der Waals surface area contributed by atoms with Crippen LogP contribution >= 0.6 is 12.4 Å². The van der Waals surface area contributed by atoms with Gasteiger partial charge in [0.2, 0.25) is 0 Å². The van der Waals surface area contributed by atoms with Gasteiger partial charge in [-0.25, -0.2) is 0 Å². The second-order valence-corrected chi connectivity index (χ2v) is 5.79. The molecule has 1 aromatic carbocycles. The molecule has 0 saturated carbocycles. The third kappa shape index (κ3) is 5.14. The van der Waals surface area contributed by atoms with Crippen molar-refractivity contribution in [2.24, 2.45) is 0 Å². The fraction of sp³-hybridized carbons (Fsp3) is 0.562. The maximum Gasteiger partial charge on any atom is 0.325 e. The predicted octanol–water partition coefficient (Wildman–Crippen LogP) is 3.82. The molecule has 0 unspecified atom stereocenters. The fourth-order valence-corrected chi connectivity index (χ4v) is 2.00. The summed E-state index contributed by atoms with van der Waals surface area (Å²) in [7, 11) is 3.72. The van der Waals surface area contributed by atoms with Gasteiger partial charge in [-0.05, 0) is 37.1 Å². The Morgan fingerprint density at radius 1 is 1.10 bits per heavy atom. The Bertz CT molecular complexity index is 416. The molecular weight excluding hydrogens is 274 g/mol. The summed E-state index contributed by atoms with van der Waals surface area (Å²) in [4.78, 5) is 13.7. The van der Waals surface area contributed by atoms with E-state index in [1.54, 1.807) is 0 Å². The lowest BCUT2D eigenvalue weighted by Crippen LogP contribution is -2.26. The molecule has 0 N–H and O–H groups in total. The van der Waals surface area contributed by atoms with Gasteiger partial charge in [-0.15, -0.1) is 12.4 Å². The maximum atomic E-state index is 11.9. The summed E-state index contributed by atoms with van der Waals surface area (Å²) in [5.74, 6) is 1.21. The van der Waals surface area contributed by atoms with Gasteiger partial charge in [0, 0.05) is 0 Å². The number of rotatable bonds is 5. The second kappa shape index (κ2) is 8.28. The van der Waals surface area contributed by atoms with E-state index >= 15 is 0 Å². The number of halogens is 1. The number of nitrogens with zero attached hydrogens (tertiary/aromatic N) is 1. The highest BCUT2D eigenvalue weighted by Gasteiger charge is 2.18. The Labute approximate surface area is 128 Å². The van der Waals surface area contributed by atoms with Crippen LogP contribution in [0.25, 0.3) is 0 Å². The number of carbonyl (C=O) groups is 1. The molecule has 0 aromatic heterocycles. The van der Waals surface area contributed by atoms with Crippen LogP contribution in [0, 0.1) is 0 Å². The summed E-state index contributed by atoms with van der Waals surface area (Å²) < 4.78 is 5.63. The molecule has 0 heterocycles. The molecule has 0 bridgehead atoms. The maximum absolute atomic E-state index is 11.9. The van der Waals surface area contributed by atoms with Gasteiger partial charge in [0.05, 0.1) is 6.54 Å². The lowest BCUT2D eigenvalue weighted by Gasteiger charge is -2.19. The first-order chi connectivity index (χ1) is 8.82. The number of hydrogen-bond donors (Lipinski definition) is 0. The van der Waals surface area contributed by atoms with Crippen molar-refractivity contribution < 1.29 is 9.53 Å². The number of likely N-dealkylation sites (N-methyl/N-ethyl adjacent to an activating group) is 1. The van der Waals surface area contributed by atoms with Crippen molar-refractivity contribution in [1.29, 1.82) is 0 Å². The molecule has 3 nitrogen and oxygen atoms in total. The average Bonchev–Trinajstić information content (AvgIpc) is 2.27. The normalized spacial score (nSPS) is 10.8. The van der Waals surface area contributed by atoms with Crippen LogP contribution in [0.1, 0.15) is 50.7 Å². The molecule has 0 atom stereocenters. The van der Waals surface area contributed by atoms with Crippen molar-refractivity contribution in [3.05, 3.63) is 29.3 Å². The molecular formula is C16H26ClNO2. The van der Waals surface area contributed by atoms with E-state index < -0.39 is 0 Å². The molecule has 0 aliphatic carbocycles. The predicted molar refractivity (Wildman–Crippen MR) is 86.1 cm³/mol. The summed E-state index contributed by atoms with van der Waals surface area (Å²) in [5, 5.41) is 0. The van der Waals surface area contributed by atoms with Gasteiger partial charge in [-0.1, -0.05) is 45.9 Å². The van der Waals surface area contributed by atoms with Crippen molar-refractivity contribution in [2.45, 2.75) is 39.5 Å². The first-order valence-electron chi connectivity index (χ1n) is 6.81. The lowest BCUT2D eigenvalue weighted by molar-refractivity contribution is -0.135. The van der Waals surface area contributed by atoms with Gasteiger partial charge < -0.3 is 4.74 Å². The van der Waals surface area contributed by atoms with E-state index in [1.165, 1.54) is 0 Å². The number of hydrogen-bond acceptors (Lipinski definition) is 3. The number of esters is 1. The summed E-state index contributed by atoms with van der Waals surface area (Å²) in [6.07, 6.45) is 0. The van der Waals surface area contributed by atoms with Gasteiger partial charge in [0.15, 0.2) is 0 Å². The first-order valence-corrected chi connectivity index (χ1v) is 6.81. The van der Waals surface area contributed by atoms with Gasteiger partial charge in [0.25, 0.3) is 0 Å². The van der Waals surface area contributed by atoms with Crippen LogP contribution in [0.2, 0.25) is 0 Å². The average molecular weight is 300 g/mol. The molecule has 0 aliphatic rings. The van der Waals surface area contributed by atoms with Crippen molar-refractivity contribution in [2.75, 3.05) is 20.6 Å². The van der Waals surface area contributed by atoms with Crippen LogP contribution in [0.5, 0.6) is 5.75 Å². The van der Waals surface area contributed by atoms with Crippen molar-refractivity contribution in [1.82, 2.24) is 4.90 Å². The van der Waals surface area contributed by atoms with Gasteiger partial charge >= 0.3 is 5.97 Å². The minimum atomic E-state index is -0.208. The van der Waals surface area contributed by atoms with E-state index in [0.29, 0.717) is 18.4 Å². The summed E-state index contributed by atoms with van der Waals surface area (Å²) in [6.45, 7) is 8.75. The van der Waals surface area contributed by atoms with E-state index in [4.69, 9.17) is 4.74 Å². The molecule has 1 rings (SSSR count). The van der Waals surface area contributed by atoms with E-state index in [0.717, 1.165) is 16.9 Å². The molecule has 20 heavy (non-hydrogen) atoms. The summed E-state index contributed by atoms with van der Waals surface area (Å²) in [6, 6.07) is 6.11. The van der Waals surface area contributed by atoms with Gasteiger partial charge in [-0.3, -0.25) is 9.69 Å². The van der Waals surface area contributed by atoms with Crippen LogP contribution in [0.15, 0.2) is 18.2 Å². The highest BCUT2D eigenvalue weighted by atomic mass is 35.5. The molecule has 4 heteroatoms. The number of carbonyl (C=O) groups excluding carboxylic acids is 1. The Morgan fingerprint density at radius 3 is 1.90 bits per heavy atom. The minimum absolute atomic E-state index is 0. The molecule has 0 amide bonds. The first kappa shape index (κ1) is 18.9. The van der Waals surface area contributed by atoms with E-state index in [1.807, 2.05) is 37.2 Å². The molecule has 0 saturated heterocycles. The highest BCUT2D eigenvalue weighted by Crippen LogP contribution is 2.34. The zero-order valence-corrected chi connectivity index (χ0v) is 14.1. The molecule has 1 aromatic rings. The van der Waals surface area contributed by atoms with E-state index in [-0.39, 0.29) is 18.4 Å². The summed E-state index contributed by atoms with van der Waals surface area (Å²) in [5.41, 5.74) is 2.19. The summed E-state index contributed by atoms with van der Waals surface area (Å²) >= 11 is 0. The van der Waals surface area contributed by atoms with Crippen LogP contribution in [-0.2, 0) is 4.79 Å². The molecule has 0 spiro atoms. The fourth-order valence-electron chi connectivity index (χ4n) is 2.00. The van der Waals surface area contributed by atoms with Crippen molar-refractivity contribution in [3.8, 4) is 5.75 Å².